The molecule has 0 fully saturated rings. The molecule has 1 rings (SSSR count). The number of hydrogen-bond donors (Lipinski definition) is 2. The first-order valence-corrected chi connectivity index (χ1v) is 7.76. The summed E-state index contributed by atoms with van der Waals surface area (Å²) < 4.78 is 0. The fourth-order valence-electron chi connectivity index (χ4n) is 2.14. The Balaban J connectivity index is 2.42. The average Bonchev–Trinajstić information content (AvgIpc) is 2.77. The van der Waals surface area contributed by atoms with E-state index in [1.54, 1.807) is 0 Å². The fraction of sp³-hybridized carbons (Fsp3) is 0.733. The van der Waals surface area contributed by atoms with Crippen LogP contribution in [-0.2, 0) is 6.42 Å². The third-order valence-corrected chi connectivity index (χ3v) is 4.99. The van der Waals surface area contributed by atoms with Crippen LogP contribution in [0.1, 0.15) is 43.4 Å². The van der Waals surface area contributed by atoms with Crippen molar-refractivity contribution < 1.29 is 5.11 Å². The third-order valence-electron chi connectivity index (χ3n) is 3.96. The molecule has 2 N–H and O–H groups in total. The monoisotopic (exact) mass is 269 g/mol. The van der Waals surface area contributed by atoms with E-state index in [9.17, 15) is 5.11 Å². The summed E-state index contributed by atoms with van der Waals surface area (Å²) in [7, 11) is 0. The average molecular weight is 269 g/mol. The number of aliphatic hydroxyl groups excluding tert-OH is 1. The zero-order chi connectivity index (χ0) is 13.6. The maximum Gasteiger partial charge on any atom is 0.0499 e. The Morgan fingerprint density at radius 3 is 2.44 bits per heavy atom. The van der Waals surface area contributed by atoms with Gasteiger partial charge >= 0.3 is 0 Å². The Labute approximate surface area is 115 Å². The minimum Gasteiger partial charge on any atom is -0.396 e. The van der Waals surface area contributed by atoms with Crippen LogP contribution in [0.4, 0.5) is 0 Å². The van der Waals surface area contributed by atoms with Crippen molar-refractivity contribution in [1.82, 2.24) is 5.32 Å². The second-order valence-electron chi connectivity index (χ2n) is 5.36. The molecule has 0 spiro atoms. The number of aryl methyl sites for hydroxylation is 1. The van der Waals surface area contributed by atoms with Crippen molar-refractivity contribution in [3.8, 4) is 0 Å². The summed E-state index contributed by atoms with van der Waals surface area (Å²) in [5.41, 5.74) is 0.0552. The SMILES string of the molecule is CCC(CC)(CO)CNC(C)Cc1ccc(C)s1. The summed E-state index contributed by atoms with van der Waals surface area (Å²) in [5, 5.41) is 13.1. The predicted octanol–water partition coefficient (Wildman–Crippen LogP) is 3.38. The molecular formula is C15H27NOS. The van der Waals surface area contributed by atoms with Gasteiger partial charge in [-0.1, -0.05) is 13.8 Å². The largest absolute Gasteiger partial charge is 0.396 e. The van der Waals surface area contributed by atoms with E-state index in [1.807, 2.05) is 11.3 Å². The molecule has 0 aliphatic heterocycles. The number of nitrogens with one attached hydrogen (secondary N) is 1. The lowest BCUT2D eigenvalue weighted by atomic mass is 9.83. The number of hydrogen-bond acceptors (Lipinski definition) is 3. The van der Waals surface area contributed by atoms with Gasteiger partial charge in [-0.2, -0.15) is 0 Å². The molecule has 1 heterocycles. The molecule has 0 radical (unpaired) electrons. The van der Waals surface area contributed by atoms with Gasteiger partial charge in [0.05, 0.1) is 0 Å². The van der Waals surface area contributed by atoms with Crippen LogP contribution in [0.5, 0.6) is 0 Å². The molecule has 1 unspecified atom stereocenters. The summed E-state index contributed by atoms with van der Waals surface area (Å²) in [6.45, 7) is 9.88. The van der Waals surface area contributed by atoms with Gasteiger partial charge in [0, 0.05) is 34.4 Å². The minimum absolute atomic E-state index is 0.0552. The molecule has 0 saturated carbocycles. The lowest BCUT2D eigenvalue weighted by Gasteiger charge is -2.31. The van der Waals surface area contributed by atoms with Crippen LogP contribution < -0.4 is 5.32 Å². The van der Waals surface area contributed by atoms with Gasteiger partial charge < -0.3 is 10.4 Å². The van der Waals surface area contributed by atoms with Crippen molar-refractivity contribution in [1.29, 1.82) is 0 Å². The second-order valence-corrected chi connectivity index (χ2v) is 6.74. The van der Waals surface area contributed by atoms with E-state index < -0.39 is 0 Å². The summed E-state index contributed by atoms with van der Waals surface area (Å²) in [4.78, 5) is 2.82. The van der Waals surface area contributed by atoms with E-state index in [4.69, 9.17) is 0 Å². The smallest absolute Gasteiger partial charge is 0.0499 e. The zero-order valence-corrected chi connectivity index (χ0v) is 12.9. The molecule has 3 heteroatoms. The van der Waals surface area contributed by atoms with Crippen molar-refractivity contribution >= 4 is 11.3 Å². The molecule has 0 aliphatic carbocycles. The molecule has 0 aliphatic rings. The highest BCUT2D eigenvalue weighted by molar-refractivity contribution is 7.11. The van der Waals surface area contributed by atoms with Crippen molar-refractivity contribution in [3.05, 3.63) is 21.9 Å². The Morgan fingerprint density at radius 2 is 2.00 bits per heavy atom. The maximum atomic E-state index is 9.54. The third kappa shape index (κ3) is 4.38. The van der Waals surface area contributed by atoms with Gasteiger partial charge in [0.2, 0.25) is 0 Å². The predicted molar refractivity (Wildman–Crippen MR) is 80.3 cm³/mol. The highest BCUT2D eigenvalue weighted by atomic mass is 32.1. The van der Waals surface area contributed by atoms with E-state index in [1.165, 1.54) is 9.75 Å². The molecule has 0 amide bonds. The van der Waals surface area contributed by atoms with Crippen LogP contribution in [0, 0.1) is 12.3 Å². The second kappa shape index (κ2) is 7.27. The van der Waals surface area contributed by atoms with Gasteiger partial charge in [-0.3, -0.25) is 0 Å². The highest BCUT2D eigenvalue weighted by Gasteiger charge is 2.25. The first-order chi connectivity index (χ1) is 8.55. The minimum atomic E-state index is 0.0552. The number of aliphatic hydroxyl groups is 1. The molecule has 1 aromatic rings. The summed E-state index contributed by atoms with van der Waals surface area (Å²) >= 11 is 1.88. The normalized spacial score (nSPS) is 13.8. The van der Waals surface area contributed by atoms with Crippen molar-refractivity contribution in [2.24, 2.45) is 5.41 Å². The van der Waals surface area contributed by atoms with Gasteiger partial charge in [0.15, 0.2) is 0 Å². The number of thiophene rings is 1. The molecule has 2 nitrogen and oxygen atoms in total. The summed E-state index contributed by atoms with van der Waals surface area (Å²) in [6, 6.07) is 4.87. The topological polar surface area (TPSA) is 32.3 Å². The quantitative estimate of drug-likeness (QED) is 0.758. The van der Waals surface area contributed by atoms with Crippen LogP contribution in [0.3, 0.4) is 0 Å². The van der Waals surface area contributed by atoms with Crippen LogP contribution in [-0.4, -0.2) is 24.3 Å². The van der Waals surface area contributed by atoms with E-state index in [2.05, 4.69) is 45.1 Å². The van der Waals surface area contributed by atoms with Gasteiger partial charge in [0.25, 0.3) is 0 Å². The Kier molecular flexibility index (Phi) is 6.33. The number of rotatable bonds is 8. The molecule has 0 bridgehead atoms. The first kappa shape index (κ1) is 15.7. The molecule has 0 aromatic carbocycles. The van der Waals surface area contributed by atoms with Crippen LogP contribution in [0.15, 0.2) is 12.1 Å². The first-order valence-electron chi connectivity index (χ1n) is 6.94. The Bertz CT molecular complexity index is 336. The molecule has 1 atom stereocenters. The van der Waals surface area contributed by atoms with Gasteiger partial charge in [-0.25, -0.2) is 0 Å². The van der Waals surface area contributed by atoms with E-state index in [-0.39, 0.29) is 12.0 Å². The molecule has 0 saturated heterocycles. The molecule has 18 heavy (non-hydrogen) atoms. The maximum absolute atomic E-state index is 9.54. The molecular weight excluding hydrogens is 242 g/mol. The lowest BCUT2D eigenvalue weighted by Crippen LogP contribution is -2.41. The van der Waals surface area contributed by atoms with Crippen molar-refractivity contribution in [2.45, 2.75) is 53.0 Å². The van der Waals surface area contributed by atoms with E-state index >= 15 is 0 Å². The van der Waals surface area contributed by atoms with Crippen LogP contribution in [0.2, 0.25) is 0 Å². The molecule has 1 aromatic heterocycles. The highest BCUT2D eigenvalue weighted by Crippen LogP contribution is 2.25. The Morgan fingerprint density at radius 1 is 1.33 bits per heavy atom. The van der Waals surface area contributed by atoms with Gasteiger partial charge in [0.1, 0.15) is 0 Å². The molecule has 104 valence electrons. The van der Waals surface area contributed by atoms with E-state index in [0.717, 1.165) is 25.8 Å². The zero-order valence-electron chi connectivity index (χ0n) is 12.1. The van der Waals surface area contributed by atoms with Gasteiger partial charge in [-0.05, 0) is 45.2 Å². The van der Waals surface area contributed by atoms with E-state index in [0.29, 0.717) is 6.04 Å². The summed E-state index contributed by atoms with van der Waals surface area (Å²) in [6.07, 6.45) is 3.13. The standard InChI is InChI=1S/C15H27NOS/c1-5-15(6-2,11-17)10-16-12(3)9-14-8-7-13(4)18-14/h7-8,12,16-17H,5-6,9-11H2,1-4H3. The fourth-order valence-corrected chi connectivity index (χ4v) is 3.16. The van der Waals surface area contributed by atoms with Crippen molar-refractivity contribution in [2.75, 3.05) is 13.2 Å². The Hall–Kier alpha value is -0.380. The lowest BCUT2D eigenvalue weighted by molar-refractivity contribution is 0.110. The van der Waals surface area contributed by atoms with Gasteiger partial charge in [-0.15, -0.1) is 11.3 Å². The van der Waals surface area contributed by atoms with Crippen LogP contribution in [0.25, 0.3) is 0 Å². The summed E-state index contributed by atoms with van der Waals surface area (Å²) in [5.74, 6) is 0. The van der Waals surface area contributed by atoms with Crippen molar-refractivity contribution in [3.63, 3.8) is 0 Å². The van der Waals surface area contributed by atoms with Crippen LogP contribution >= 0.6 is 11.3 Å².